The van der Waals surface area contributed by atoms with E-state index in [2.05, 4.69) is 4.52 Å². The molecule has 3 unspecified atom stereocenters. The van der Waals surface area contributed by atoms with E-state index in [1.54, 1.807) is 21.1 Å². The van der Waals surface area contributed by atoms with Crippen molar-refractivity contribution in [2.24, 2.45) is 0 Å². The van der Waals surface area contributed by atoms with Gasteiger partial charge in [0.25, 0.3) is 0 Å². The van der Waals surface area contributed by atoms with Crippen molar-refractivity contribution < 1.29 is 28.6 Å². The van der Waals surface area contributed by atoms with Gasteiger partial charge in [-0.1, -0.05) is 0 Å². The molecule has 0 rings (SSSR count). The van der Waals surface area contributed by atoms with Gasteiger partial charge in [-0.3, -0.25) is 4.57 Å². The molecule has 0 amide bonds. The number of quaternary nitrogens is 1. The molecule has 0 spiro atoms. The summed E-state index contributed by atoms with van der Waals surface area (Å²) in [6, 6.07) is 0. The molecule has 0 aliphatic heterocycles. The van der Waals surface area contributed by atoms with E-state index in [9.17, 15) is 19.6 Å². The summed E-state index contributed by atoms with van der Waals surface area (Å²) < 4.78 is 15.0. The zero-order chi connectivity index (χ0) is 11.4. The highest BCUT2D eigenvalue weighted by Gasteiger charge is 2.26. The van der Waals surface area contributed by atoms with Crippen LogP contribution in [0.15, 0.2) is 0 Å². The lowest BCUT2D eigenvalue weighted by atomic mass is 10.2. The number of hydrogen-bond acceptors (Lipinski definition) is 5. The Kier molecular flexibility index (Phi) is 5.29. The van der Waals surface area contributed by atoms with E-state index in [1.165, 1.54) is 0 Å². The molecule has 0 bridgehead atoms. The van der Waals surface area contributed by atoms with Crippen molar-refractivity contribution >= 4 is 14.7 Å². The predicted octanol–water partition coefficient (Wildman–Crippen LogP) is -2.14. The molecule has 3 atom stereocenters. The molecule has 0 saturated heterocycles. The molecule has 0 aromatic heterocycles. The topological polar surface area (TPSA) is 86.7 Å². The molecule has 0 radical (unpaired) electrons. The fourth-order valence-corrected chi connectivity index (χ4v) is 1.43. The first-order valence-electron chi connectivity index (χ1n) is 4.06. The number of carbonyl (C=O) groups excluding carboxylic acids is 1. The van der Waals surface area contributed by atoms with Gasteiger partial charge in [0.2, 0.25) is 0 Å². The van der Waals surface area contributed by atoms with Crippen molar-refractivity contribution in [1.82, 2.24) is 0 Å². The van der Waals surface area contributed by atoms with Crippen molar-refractivity contribution in [2.75, 3.05) is 27.7 Å². The number of aliphatic carboxylic acids is 1. The monoisotopic (exact) mass is 225 g/mol. The van der Waals surface area contributed by atoms with E-state index in [0.29, 0.717) is 4.48 Å². The molecular weight excluding hydrogens is 209 g/mol. The number of carboxylic acids is 1. The van der Waals surface area contributed by atoms with Crippen molar-refractivity contribution in [3.8, 4) is 0 Å². The predicted molar refractivity (Wildman–Crippen MR) is 49.2 cm³/mol. The fourth-order valence-electron chi connectivity index (χ4n) is 1.02. The first-order chi connectivity index (χ1) is 6.28. The van der Waals surface area contributed by atoms with Gasteiger partial charge in [-0.25, -0.2) is 0 Å². The van der Waals surface area contributed by atoms with Crippen LogP contribution in [0.4, 0.5) is 0 Å². The number of likely N-dealkylation sites (N-methyl/N-ethyl adjacent to an activating group) is 1. The van der Waals surface area contributed by atoms with Crippen molar-refractivity contribution in [1.29, 1.82) is 0 Å². The second-order valence-electron chi connectivity index (χ2n) is 4.01. The van der Waals surface area contributed by atoms with Gasteiger partial charge in [0.15, 0.2) is 8.69 Å². The van der Waals surface area contributed by atoms with Crippen LogP contribution in [0.1, 0.15) is 0 Å². The summed E-state index contributed by atoms with van der Waals surface area (Å²) in [7, 11) is 3.71. The van der Waals surface area contributed by atoms with Gasteiger partial charge in [0, 0.05) is 0 Å². The van der Waals surface area contributed by atoms with Gasteiger partial charge < -0.3 is 24.0 Å². The number of nitrogens with zero attached hydrogens (tertiary/aromatic N) is 1. The summed E-state index contributed by atoms with van der Waals surface area (Å²) >= 11 is 0. The lowest BCUT2D eigenvalue weighted by Gasteiger charge is -2.30. The molecule has 14 heavy (non-hydrogen) atoms. The highest BCUT2D eigenvalue weighted by Crippen LogP contribution is 2.09. The number of rotatable bonds is 6. The minimum Gasteiger partial charge on any atom is -0.547 e. The van der Waals surface area contributed by atoms with Crippen LogP contribution in [0.25, 0.3) is 0 Å². The van der Waals surface area contributed by atoms with E-state index in [-0.39, 0.29) is 6.54 Å². The summed E-state index contributed by atoms with van der Waals surface area (Å²) in [4.78, 5) is 10.5. The molecular formula is C7H16NO5P. The summed E-state index contributed by atoms with van der Waals surface area (Å²) in [5.41, 5.74) is 0. The Bertz CT molecular complexity index is 215. The van der Waals surface area contributed by atoms with Crippen molar-refractivity contribution in [3.63, 3.8) is 0 Å². The molecule has 6 nitrogen and oxygen atoms in total. The summed E-state index contributed by atoms with van der Waals surface area (Å²) in [6.45, 7) is 0.179. The minimum atomic E-state index is -1.67. The zero-order valence-corrected chi connectivity index (χ0v) is 9.62. The highest BCUT2D eigenvalue weighted by atomic mass is 31.1. The maximum Gasteiger partial charge on any atom is 0.180 e. The maximum absolute atomic E-state index is 10.5. The summed E-state index contributed by atoms with van der Waals surface area (Å²) in [6.07, 6.45) is -2.73. The third-order valence-electron chi connectivity index (χ3n) is 1.52. The number of aliphatic hydroxyl groups excluding tert-OH is 1. The van der Waals surface area contributed by atoms with E-state index >= 15 is 0 Å². The first kappa shape index (κ1) is 13.6. The van der Waals surface area contributed by atoms with Gasteiger partial charge in [0.1, 0.15) is 18.8 Å². The fraction of sp³-hybridized carbons (Fsp3) is 0.857. The van der Waals surface area contributed by atoms with Crippen LogP contribution in [0.5, 0.6) is 0 Å². The van der Waals surface area contributed by atoms with Crippen molar-refractivity contribution in [3.05, 3.63) is 0 Å². The Morgan fingerprint density at radius 1 is 1.57 bits per heavy atom. The largest absolute Gasteiger partial charge is 0.547 e. The normalized spacial score (nSPS) is 17.1. The van der Waals surface area contributed by atoms with Crippen LogP contribution in [0, 0.1) is 0 Å². The lowest BCUT2D eigenvalue weighted by molar-refractivity contribution is -0.873. The van der Waals surface area contributed by atoms with Crippen LogP contribution >= 0.6 is 8.69 Å². The number of hydrogen-bond donors (Lipinski definition) is 1. The number of carbonyl (C=O) groups is 1. The Morgan fingerprint density at radius 3 is 2.36 bits per heavy atom. The molecule has 7 heteroatoms. The van der Waals surface area contributed by atoms with Crippen LogP contribution in [0.2, 0.25) is 0 Å². The number of carboxylic acid groups (broad SMARTS) is 1. The smallest absolute Gasteiger partial charge is 0.180 e. The maximum atomic E-state index is 10.5. The lowest BCUT2D eigenvalue weighted by Crippen LogP contribution is -2.51. The average Bonchev–Trinajstić information content (AvgIpc) is 1.95. The van der Waals surface area contributed by atoms with E-state index in [0.717, 1.165) is 0 Å². The molecule has 0 saturated carbocycles. The Hall–Kier alpha value is -0.420. The molecule has 84 valence electrons. The summed E-state index contributed by atoms with van der Waals surface area (Å²) in [5.74, 6) is -1.55. The van der Waals surface area contributed by atoms with E-state index < -0.39 is 26.9 Å². The third kappa shape index (κ3) is 5.34. The molecule has 0 aliphatic rings. The number of aliphatic hydroxyl groups is 1. The average molecular weight is 225 g/mol. The Morgan fingerprint density at radius 2 is 2.07 bits per heavy atom. The second kappa shape index (κ2) is 5.46. The summed E-state index contributed by atoms with van der Waals surface area (Å²) in [5, 5.41) is 19.9. The molecule has 0 aromatic carbocycles. The van der Waals surface area contributed by atoms with Gasteiger partial charge in [-0.15, -0.1) is 0 Å². The highest BCUT2D eigenvalue weighted by molar-refractivity contribution is 7.17. The van der Waals surface area contributed by atoms with Gasteiger partial charge in [0.05, 0.1) is 27.1 Å². The van der Waals surface area contributed by atoms with E-state index in [4.69, 9.17) is 0 Å². The molecule has 0 fully saturated rings. The van der Waals surface area contributed by atoms with Crippen molar-refractivity contribution in [2.45, 2.75) is 12.2 Å². The third-order valence-corrected chi connectivity index (χ3v) is 1.92. The van der Waals surface area contributed by atoms with Crippen LogP contribution in [-0.2, 0) is 13.9 Å². The van der Waals surface area contributed by atoms with Gasteiger partial charge in [-0.05, 0) is 0 Å². The quantitative estimate of drug-likeness (QED) is 0.412. The zero-order valence-electron chi connectivity index (χ0n) is 8.47. The van der Waals surface area contributed by atoms with Crippen LogP contribution in [-0.4, -0.2) is 55.5 Å². The second-order valence-corrected chi connectivity index (χ2v) is 4.48. The Balaban J connectivity index is 4.36. The molecule has 1 N–H and O–H groups in total. The Labute approximate surface area is 84.0 Å². The van der Waals surface area contributed by atoms with Gasteiger partial charge in [-0.2, -0.15) is 0 Å². The van der Waals surface area contributed by atoms with Crippen LogP contribution in [0.3, 0.4) is 0 Å². The minimum absolute atomic E-state index is 0.179. The standard InChI is InChI=1S/C7H16NO5P/c1-8(2,3)4-5(9)6(7(10)11)13-14-12/h5-6,9H,4,14H2,1-3H3. The van der Waals surface area contributed by atoms with E-state index in [1.807, 2.05) is 0 Å². The first-order valence-corrected chi connectivity index (χ1v) is 5.00. The molecule has 0 aromatic rings. The SMILES string of the molecule is C[N+](C)(C)CC(O)C(O[PH2]=O)C(=O)[O-]. The van der Waals surface area contributed by atoms with Crippen LogP contribution < -0.4 is 5.11 Å². The molecule has 0 heterocycles. The molecule has 0 aliphatic carbocycles. The van der Waals surface area contributed by atoms with Gasteiger partial charge >= 0.3 is 0 Å².